The summed E-state index contributed by atoms with van der Waals surface area (Å²) >= 11 is 0. The summed E-state index contributed by atoms with van der Waals surface area (Å²) in [6.45, 7) is 0. The van der Waals surface area contributed by atoms with E-state index in [1.54, 1.807) is 18.6 Å². The van der Waals surface area contributed by atoms with Crippen LogP contribution in [0.15, 0.2) is 91.4 Å². The number of pyridine rings is 3. The van der Waals surface area contributed by atoms with Gasteiger partial charge in [-0.15, -0.1) is 0 Å². The minimum atomic E-state index is 0.746. The lowest BCUT2D eigenvalue weighted by Crippen LogP contribution is -1.96. The third kappa shape index (κ3) is 3.84. The van der Waals surface area contributed by atoms with Crippen LogP contribution in [0.25, 0.3) is 11.1 Å². The van der Waals surface area contributed by atoms with Gasteiger partial charge in [0.1, 0.15) is 17.5 Å². The molecule has 26 heavy (non-hydrogen) atoms. The highest BCUT2D eigenvalue weighted by Gasteiger charge is 2.04. The van der Waals surface area contributed by atoms with Crippen molar-refractivity contribution in [3.63, 3.8) is 0 Å². The molecule has 0 fully saturated rings. The zero-order valence-corrected chi connectivity index (χ0v) is 14.0. The highest BCUT2D eigenvalue weighted by molar-refractivity contribution is 5.71. The van der Waals surface area contributed by atoms with Gasteiger partial charge >= 0.3 is 0 Å². The maximum atomic E-state index is 4.40. The molecule has 0 amide bonds. The van der Waals surface area contributed by atoms with Crippen LogP contribution in [0, 0.1) is 0 Å². The normalized spacial score (nSPS) is 10.3. The maximum absolute atomic E-state index is 4.40. The second kappa shape index (κ2) is 7.44. The molecule has 5 heteroatoms. The first-order valence-electron chi connectivity index (χ1n) is 8.29. The fourth-order valence-corrected chi connectivity index (χ4v) is 2.59. The number of benzene rings is 1. The highest BCUT2D eigenvalue weighted by Crippen LogP contribution is 2.25. The Balaban J connectivity index is 1.57. The zero-order valence-electron chi connectivity index (χ0n) is 14.0. The van der Waals surface area contributed by atoms with Gasteiger partial charge in [-0.1, -0.05) is 24.3 Å². The number of para-hydroxylation sites is 1. The molecule has 0 spiro atoms. The second-order valence-corrected chi connectivity index (χ2v) is 5.69. The second-order valence-electron chi connectivity index (χ2n) is 5.69. The van der Waals surface area contributed by atoms with Crippen molar-refractivity contribution in [3.8, 4) is 11.1 Å². The largest absolute Gasteiger partial charge is 0.340 e. The molecule has 1 aromatic carbocycles. The topological polar surface area (TPSA) is 62.7 Å². The average molecular weight is 339 g/mol. The molecule has 0 saturated heterocycles. The predicted molar refractivity (Wildman–Crippen MR) is 105 cm³/mol. The minimum absolute atomic E-state index is 0.746. The van der Waals surface area contributed by atoms with Crippen LogP contribution in [0.4, 0.5) is 23.1 Å². The van der Waals surface area contributed by atoms with Crippen LogP contribution in [0.5, 0.6) is 0 Å². The molecule has 126 valence electrons. The summed E-state index contributed by atoms with van der Waals surface area (Å²) in [7, 11) is 0. The number of rotatable bonds is 5. The standard InChI is InChI=1S/C21H17N5/c1-2-6-18(7-3-1)25-20-14-16(9-12-23-20)17-10-13-24-21(15-17)26-19-8-4-5-11-22-19/h1-15H,(H,23,25)(H,22,24,26). The molecule has 4 aromatic rings. The molecule has 0 radical (unpaired) electrons. The van der Waals surface area contributed by atoms with Crippen LogP contribution in [0.2, 0.25) is 0 Å². The predicted octanol–water partition coefficient (Wildman–Crippen LogP) is 5.03. The fourth-order valence-electron chi connectivity index (χ4n) is 2.59. The Morgan fingerprint density at radius 1 is 0.500 bits per heavy atom. The third-order valence-corrected chi connectivity index (χ3v) is 3.82. The van der Waals surface area contributed by atoms with E-state index in [-0.39, 0.29) is 0 Å². The SMILES string of the molecule is c1ccc(Nc2cc(-c3ccnc(Nc4ccccn4)c3)ccn2)cc1. The van der Waals surface area contributed by atoms with Crippen molar-refractivity contribution >= 4 is 23.1 Å². The van der Waals surface area contributed by atoms with Crippen LogP contribution >= 0.6 is 0 Å². The van der Waals surface area contributed by atoms with Gasteiger partial charge in [0, 0.05) is 24.3 Å². The molecule has 3 heterocycles. The Hall–Kier alpha value is -3.73. The van der Waals surface area contributed by atoms with Crippen molar-refractivity contribution in [2.45, 2.75) is 0 Å². The van der Waals surface area contributed by atoms with Gasteiger partial charge in [0.15, 0.2) is 0 Å². The first-order valence-corrected chi connectivity index (χ1v) is 8.29. The first-order chi connectivity index (χ1) is 12.9. The van der Waals surface area contributed by atoms with Gasteiger partial charge in [0.05, 0.1) is 0 Å². The summed E-state index contributed by atoms with van der Waals surface area (Å²) in [5.41, 5.74) is 3.12. The van der Waals surface area contributed by atoms with Gasteiger partial charge in [0.25, 0.3) is 0 Å². The molecule has 0 aliphatic carbocycles. The van der Waals surface area contributed by atoms with Gasteiger partial charge < -0.3 is 10.6 Å². The van der Waals surface area contributed by atoms with E-state index < -0.39 is 0 Å². The van der Waals surface area contributed by atoms with Crippen molar-refractivity contribution in [1.29, 1.82) is 0 Å². The van der Waals surface area contributed by atoms with Crippen molar-refractivity contribution in [3.05, 3.63) is 91.4 Å². The highest BCUT2D eigenvalue weighted by atomic mass is 15.0. The van der Waals surface area contributed by atoms with Crippen LogP contribution in [-0.2, 0) is 0 Å². The van der Waals surface area contributed by atoms with Gasteiger partial charge in [-0.3, -0.25) is 0 Å². The molecule has 0 aliphatic rings. The van der Waals surface area contributed by atoms with Crippen LogP contribution in [0.1, 0.15) is 0 Å². The van der Waals surface area contributed by atoms with Crippen LogP contribution in [0.3, 0.4) is 0 Å². The van der Waals surface area contributed by atoms with Gasteiger partial charge in [0.2, 0.25) is 0 Å². The van der Waals surface area contributed by atoms with E-state index in [0.717, 1.165) is 34.3 Å². The molecule has 0 saturated carbocycles. The Bertz CT molecular complexity index is 904. The van der Waals surface area contributed by atoms with Crippen molar-refractivity contribution < 1.29 is 0 Å². The van der Waals surface area contributed by atoms with Gasteiger partial charge in [-0.25, -0.2) is 15.0 Å². The number of hydrogen-bond acceptors (Lipinski definition) is 5. The molecule has 2 N–H and O–H groups in total. The summed E-state index contributed by atoms with van der Waals surface area (Å²) in [5, 5.41) is 6.53. The lowest BCUT2D eigenvalue weighted by atomic mass is 10.1. The van der Waals surface area contributed by atoms with E-state index in [1.807, 2.05) is 72.8 Å². The average Bonchev–Trinajstić information content (AvgIpc) is 2.70. The maximum Gasteiger partial charge on any atom is 0.132 e. The molecule has 3 aromatic heterocycles. The summed E-state index contributed by atoms with van der Waals surface area (Å²) in [6.07, 6.45) is 5.33. The smallest absolute Gasteiger partial charge is 0.132 e. The van der Waals surface area contributed by atoms with Gasteiger partial charge in [-0.05, 0) is 59.7 Å². The van der Waals surface area contributed by atoms with Crippen molar-refractivity contribution in [2.24, 2.45) is 0 Å². The summed E-state index contributed by atoms with van der Waals surface area (Å²) in [5.74, 6) is 2.30. The number of nitrogens with one attached hydrogen (secondary N) is 2. The van der Waals surface area contributed by atoms with E-state index in [2.05, 4.69) is 25.6 Å². The minimum Gasteiger partial charge on any atom is -0.340 e. The molecule has 4 rings (SSSR count). The van der Waals surface area contributed by atoms with Crippen molar-refractivity contribution in [2.75, 3.05) is 10.6 Å². The number of anilines is 4. The number of aromatic nitrogens is 3. The molecule has 0 bridgehead atoms. The van der Waals surface area contributed by atoms with E-state index in [4.69, 9.17) is 0 Å². The van der Waals surface area contributed by atoms with E-state index in [1.165, 1.54) is 0 Å². The molecule has 0 aliphatic heterocycles. The van der Waals surface area contributed by atoms with Crippen LogP contribution in [-0.4, -0.2) is 15.0 Å². The van der Waals surface area contributed by atoms with E-state index in [9.17, 15) is 0 Å². The molecule has 0 atom stereocenters. The molecular formula is C21H17N5. The van der Waals surface area contributed by atoms with E-state index >= 15 is 0 Å². The Morgan fingerprint density at radius 3 is 1.77 bits per heavy atom. The molecule has 0 unspecified atom stereocenters. The fraction of sp³-hybridized carbons (Fsp3) is 0. The summed E-state index contributed by atoms with van der Waals surface area (Å²) < 4.78 is 0. The monoisotopic (exact) mass is 339 g/mol. The Labute approximate surface area is 151 Å². The summed E-state index contributed by atoms with van der Waals surface area (Å²) in [4.78, 5) is 13.0. The third-order valence-electron chi connectivity index (χ3n) is 3.82. The quantitative estimate of drug-likeness (QED) is 0.534. The first kappa shape index (κ1) is 15.8. The lowest BCUT2D eigenvalue weighted by molar-refractivity contribution is 1.25. The Morgan fingerprint density at radius 2 is 1.12 bits per heavy atom. The number of hydrogen-bond donors (Lipinski definition) is 2. The zero-order chi connectivity index (χ0) is 17.6. The Kier molecular flexibility index (Phi) is 4.52. The van der Waals surface area contributed by atoms with Crippen molar-refractivity contribution in [1.82, 2.24) is 15.0 Å². The van der Waals surface area contributed by atoms with Gasteiger partial charge in [-0.2, -0.15) is 0 Å². The lowest BCUT2D eigenvalue weighted by Gasteiger charge is -2.09. The number of nitrogens with zero attached hydrogens (tertiary/aromatic N) is 3. The van der Waals surface area contributed by atoms with Crippen LogP contribution < -0.4 is 10.6 Å². The molecular weight excluding hydrogens is 322 g/mol. The summed E-state index contributed by atoms with van der Waals surface area (Å²) in [6, 6.07) is 23.7. The van der Waals surface area contributed by atoms with E-state index in [0.29, 0.717) is 0 Å². The molecule has 5 nitrogen and oxygen atoms in total.